The van der Waals surface area contributed by atoms with Crippen molar-refractivity contribution in [3.05, 3.63) is 16.0 Å². The van der Waals surface area contributed by atoms with Crippen LogP contribution in [-0.2, 0) is 4.79 Å². The zero-order valence-corrected chi connectivity index (χ0v) is 14.2. The molecule has 3 heterocycles. The summed E-state index contributed by atoms with van der Waals surface area (Å²) in [5.74, 6) is 0.371. The van der Waals surface area contributed by atoms with E-state index in [-0.39, 0.29) is 41.4 Å². The maximum atomic E-state index is 12.5. The largest absolute Gasteiger partial charge is 0.396 e. The van der Waals surface area contributed by atoms with Gasteiger partial charge >= 0.3 is 0 Å². The highest BCUT2D eigenvalue weighted by Gasteiger charge is 2.57. The first-order valence-corrected chi connectivity index (χ1v) is 8.96. The molecule has 3 atom stereocenters. The highest BCUT2D eigenvalue weighted by molar-refractivity contribution is 6.99. The SMILES string of the molecule is C[C@@H]1C[C@H]1C(=O)N1CC(CO)C2(CN(C(=O)c3ns[nH]c3=O)C2)C1. The molecule has 2 aliphatic heterocycles. The van der Waals surface area contributed by atoms with E-state index in [4.69, 9.17) is 0 Å². The average molecular weight is 352 g/mol. The minimum atomic E-state index is -0.462. The fraction of sp³-hybridized carbons (Fsp3) is 0.733. The molecule has 0 bridgehead atoms. The van der Waals surface area contributed by atoms with Crippen LogP contribution in [0.15, 0.2) is 4.79 Å². The molecule has 4 rings (SSSR count). The Morgan fingerprint density at radius 1 is 1.38 bits per heavy atom. The van der Waals surface area contributed by atoms with Crippen LogP contribution in [0.2, 0.25) is 0 Å². The van der Waals surface area contributed by atoms with Crippen molar-refractivity contribution in [1.29, 1.82) is 0 Å². The van der Waals surface area contributed by atoms with Crippen molar-refractivity contribution in [2.24, 2.45) is 23.2 Å². The van der Waals surface area contributed by atoms with E-state index in [1.54, 1.807) is 4.90 Å². The number of carbonyl (C=O) groups excluding carboxylic acids is 2. The van der Waals surface area contributed by atoms with Gasteiger partial charge in [0.2, 0.25) is 11.6 Å². The monoisotopic (exact) mass is 352 g/mol. The van der Waals surface area contributed by atoms with Crippen molar-refractivity contribution >= 4 is 23.5 Å². The first-order chi connectivity index (χ1) is 11.4. The van der Waals surface area contributed by atoms with Gasteiger partial charge in [-0.15, -0.1) is 0 Å². The lowest BCUT2D eigenvalue weighted by molar-refractivity contribution is -0.132. The number of rotatable bonds is 3. The van der Waals surface area contributed by atoms with Gasteiger partial charge in [-0.3, -0.25) is 18.8 Å². The molecule has 0 aromatic carbocycles. The summed E-state index contributed by atoms with van der Waals surface area (Å²) in [5, 5.41) is 9.72. The summed E-state index contributed by atoms with van der Waals surface area (Å²) in [4.78, 5) is 39.8. The van der Waals surface area contributed by atoms with Crippen LogP contribution in [0.1, 0.15) is 23.8 Å². The van der Waals surface area contributed by atoms with E-state index in [9.17, 15) is 19.5 Å². The van der Waals surface area contributed by atoms with Crippen LogP contribution in [0.5, 0.6) is 0 Å². The van der Waals surface area contributed by atoms with Crippen LogP contribution in [-0.4, -0.2) is 68.3 Å². The lowest BCUT2D eigenvalue weighted by atomic mass is 9.72. The predicted molar refractivity (Wildman–Crippen MR) is 85.5 cm³/mol. The molecule has 2 amide bonds. The summed E-state index contributed by atoms with van der Waals surface area (Å²) in [5.41, 5.74) is -0.787. The van der Waals surface area contributed by atoms with Crippen LogP contribution in [0.4, 0.5) is 0 Å². The number of aromatic amines is 1. The minimum absolute atomic E-state index is 0.00329. The number of likely N-dealkylation sites (tertiary alicyclic amines) is 2. The molecule has 1 aliphatic carbocycles. The normalized spacial score (nSPS) is 30.5. The van der Waals surface area contributed by atoms with Crippen molar-refractivity contribution in [2.45, 2.75) is 13.3 Å². The van der Waals surface area contributed by atoms with Gasteiger partial charge in [-0.05, 0) is 12.3 Å². The Bertz CT molecular complexity index is 738. The molecule has 8 nitrogen and oxygen atoms in total. The molecule has 3 aliphatic rings. The standard InChI is InChI=1S/C15H20N4O4S/c1-8-2-10(8)13(22)18-3-9(4-20)15(5-18)6-19(7-15)14(23)11-12(21)17-24-16-11/h8-10,20H,2-7H2,1H3,(H,17,21)/t8-,9?,10-/m1/s1. The summed E-state index contributed by atoms with van der Waals surface area (Å²) < 4.78 is 6.24. The molecule has 1 aromatic heterocycles. The van der Waals surface area contributed by atoms with Gasteiger partial charge in [-0.2, -0.15) is 4.37 Å². The zero-order chi connectivity index (χ0) is 17.1. The highest BCUT2D eigenvalue weighted by Crippen LogP contribution is 2.47. The lowest BCUT2D eigenvalue weighted by Crippen LogP contribution is -2.63. The number of nitrogens with zero attached hydrogens (tertiary/aromatic N) is 3. The highest BCUT2D eigenvalue weighted by atomic mass is 32.1. The molecule has 1 unspecified atom stereocenters. The number of aliphatic hydroxyl groups is 1. The smallest absolute Gasteiger partial charge is 0.291 e. The van der Waals surface area contributed by atoms with E-state index in [0.717, 1.165) is 18.1 Å². The third-order valence-corrected chi connectivity index (χ3v) is 6.31. The maximum absolute atomic E-state index is 12.5. The van der Waals surface area contributed by atoms with Gasteiger partial charge in [-0.1, -0.05) is 6.92 Å². The number of amides is 2. The van der Waals surface area contributed by atoms with Gasteiger partial charge in [0.15, 0.2) is 0 Å². The van der Waals surface area contributed by atoms with Crippen LogP contribution in [0.25, 0.3) is 0 Å². The second kappa shape index (κ2) is 5.38. The summed E-state index contributed by atoms with van der Waals surface area (Å²) >= 11 is 0.862. The van der Waals surface area contributed by atoms with Crippen molar-refractivity contribution in [1.82, 2.24) is 18.5 Å². The van der Waals surface area contributed by atoms with Gasteiger partial charge in [0.25, 0.3) is 11.5 Å². The average Bonchev–Trinajstić information content (AvgIpc) is 2.96. The Balaban J connectivity index is 1.44. The molecular formula is C15H20N4O4S. The van der Waals surface area contributed by atoms with E-state index < -0.39 is 5.56 Å². The van der Waals surface area contributed by atoms with E-state index in [1.165, 1.54) is 0 Å². The van der Waals surface area contributed by atoms with E-state index in [1.807, 2.05) is 4.90 Å². The summed E-state index contributed by atoms with van der Waals surface area (Å²) in [6.45, 7) is 4.13. The fourth-order valence-electron chi connectivity index (χ4n) is 4.05. The number of hydrogen-bond donors (Lipinski definition) is 2. The fourth-order valence-corrected chi connectivity index (χ4v) is 4.53. The Labute approximate surface area is 142 Å². The second-order valence-electron chi connectivity index (χ2n) is 7.40. The molecule has 3 fully saturated rings. The van der Waals surface area contributed by atoms with Crippen molar-refractivity contribution in [3.63, 3.8) is 0 Å². The van der Waals surface area contributed by atoms with Crippen molar-refractivity contribution < 1.29 is 14.7 Å². The van der Waals surface area contributed by atoms with Crippen molar-refractivity contribution in [2.75, 3.05) is 32.8 Å². The molecule has 1 aromatic rings. The maximum Gasteiger partial charge on any atom is 0.291 e. The van der Waals surface area contributed by atoms with Gasteiger partial charge in [0, 0.05) is 61.8 Å². The van der Waals surface area contributed by atoms with Crippen LogP contribution in [0.3, 0.4) is 0 Å². The Morgan fingerprint density at radius 3 is 2.58 bits per heavy atom. The summed E-state index contributed by atoms with van der Waals surface area (Å²) in [7, 11) is 0. The third-order valence-electron chi connectivity index (χ3n) is 5.76. The number of carbonyl (C=O) groups is 2. The Hall–Kier alpha value is -1.74. The number of aliphatic hydroxyl groups excluding tert-OH is 1. The van der Waals surface area contributed by atoms with Crippen molar-refractivity contribution in [3.8, 4) is 0 Å². The predicted octanol–water partition coefficient (Wildman–Crippen LogP) is -0.620. The lowest BCUT2D eigenvalue weighted by Gasteiger charge is -2.50. The number of hydrogen-bond acceptors (Lipinski definition) is 6. The molecule has 0 radical (unpaired) electrons. The van der Waals surface area contributed by atoms with E-state index in [2.05, 4.69) is 15.7 Å². The summed E-state index contributed by atoms with van der Waals surface area (Å²) in [6.07, 6.45) is 0.948. The van der Waals surface area contributed by atoms with Gasteiger partial charge in [0.1, 0.15) is 0 Å². The van der Waals surface area contributed by atoms with Crippen LogP contribution in [0, 0.1) is 23.2 Å². The Morgan fingerprint density at radius 2 is 2.04 bits per heavy atom. The molecule has 130 valence electrons. The number of nitrogens with one attached hydrogen (secondary N) is 1. The third kappa shape index (κ3) is 2.29. The molecular weight excluding hydrogens is 332 g/mol. The van der Waals surface area contributed by atoms with Crippen LogP contribution >= 0.6 is 11.7 Å². The molecule has 2 N–H and O–H groups in total. The van der Waals surface area contributed by atoms with Crippen LogP contribution < -0.4 is 5.56 Å². The van der Waals surface area contributed by atoms with Gasteiger partial charge in [0.05, 0.1) is 0 Å². The molecule has 1 spiro atoms. The van der Waals surface area contributed by atoms with Gasteiger partial charge < -0.3 is 14.9 Å². The number of H-pyrrole nitrogens is 1. The second-order valence-corrected chi connectivity index (χ2v) is 7.97. The zero-order valence-electron chi connectivity index (χ0n) is 13.4. The summed E-state index contributed by atoms with van der Waals surface area (Å²) in [6, 6.07) is 0. The molecule has 1 saturated carbocycles. The first kappa shape index (κ1) is 15.8. The van der Waals surface area contributed by atoms with E-state index >= 15 is 0 Å². The molecule has 24 heavy (non-hydrogen) atoms. The quantitative estimate of drug-likeness (QED) is 0.754. The Kier molecular flexibility index (Phi) is 3.54. The molecule has 9 heteroatoms. The topological polar surface area (TPSA) is 107 Å². The minimum Gasteiger partial charge on any atom is -0.396 e. The number of aromatic nitrogens is 2. The first-order valence-electron chi connectivity index (χ1n) is 8.18. The van der Waals surface area contributed by atoms with Gasteiger partial charge in [-0.25, -0.2) is 0 Å². The molecule has 2 saturated heterocycles. The van der Waals surface area contributed by atoms with E-state index in [0.29, 0.717) is 32.1 Å².